The van der Waals surface area contributed by atoms with Crippen LogP contribution in [0.1, 0.15) is 40.0 Å². The zero-order valence-corrected chi connectivity index (χ0v) is 10.8. The molecule has 1 heterocycles. The van der Waals surface area contributed by atoms with Crippen LogP contribution in [0.25, 0.3) is 0 Å². The number of sulfonamides is 1. The number of hydrogen-bond donors (Lipinski definition) is 1. The van der Waals surface area contributed by atoms with Gasteiger partial charge in [0.1, 0.15) is 0 Å². The summed E-state index contributed by atoms with van der Waals surface area (Å²) < 4.78 is 24.5. The lowest BCUT2D eigenvalue weighted by Gasteiger charge is -2.43. The van der Waals surface area contributed by atoms with Gasteiger partial charge in [0, 0.05) is 5.41 Å². The Balaban J connectivity index is 2.24. The van der Waals surface area contributed by atoms with E-state index in [1.165, 1.54) is 0 Å². The van der Waals surface area contributed by atoms with Crippen molar-refractivity contribution in [2.45, 2.75) is 45.6 Å². The summed E-state index contributed by atoms with van der Waals surface area (Å²) in [5.41, 5.74) is -0.803. The van der Waals surface area contributed by atoms with Crippen molar-refractivity contribution in [1.82, 2.24) is 4.47 Å². The van der Waals surface area contributed by atoms with Crippen LogP contribution < -0.4 is 0 Å². The molecule has 3 aliphatic rings. The van der Waals surface area contributed by atoms with Crippen LogP contribution in [-0.2, 0) is 10.0 Å². The Morgan fingerprint density at radius 1 is 1.31 bits per heavy atom. The first-order valence-corrected chi connectivity index (χ1v) is 7.50. The second-order valence-electron chi connectivity index (χ2n) is 6.52. The first-order valence-electron chi connectivity index (χ1n) is 5.89. The van der Waals surface area contributed by atoms with E-state index in [0.717, 1.165) is 19.3 Å². The van der Waals surface area contributed by atoms with E-state index in [1.54, 1.807) is 0 Å². The molecule has 1 spiro atoms. The Labute approximate surface area is 96.6 Å². The Morgan fingerprint density at radius 3 is 2.44 bits per heavy atom. The van der Waals surface area contributed by atoms with Crippen molar-refractivity contribution in [2.75, 3.05) is 5.75 Å². The summed E-state index contributed by atoms with van der Waals surface area (Å²) in [7, 11) is -3.47. The second-order valence-corrected chi connectivity index (χ2v) is 8.31. The molecule has 1 saturated heterocycles. The van der Waals surface area contributed by atoms with Crippen LogP contribution in [-0.4, -0.2) is 29.4 Å². The van der Waals surface area contributed by atoms with E-state index in [1.807, 2.05) is 6.92 Å². The smallest absolute Gasteiger partial charge is 0.236 e. The molecule has 0 amide bonds. The minimum atomic E-state index is -3.47. The molecule has 1 aliphatic heterocycles. The number of hydrogen-bond acceptors (Lipinski definition) is 3. The SMILES string of the molecule is CC1(C)C2CC[C@]13CS(=O)(=O)N(O)[C@]3(C)C2. The van der Waals surface area contributed by atoms with Gasteiger partial charge in [-0.05, 0) is 37.5 Å². The van der Waals surface area contributed by atoms with Crippen molar-refractivity contribution in [1.29, 1.82) is 0 Å². The summed E-state index contributed by atoms with van der Waals surface area (Å²) in [5.74, 6) is 0.666. The molecule has 0 aromatic carbocycles. The molecule has 16 heavy (non-hydrogen) atoms. The van der Waals surface area contributed by atoms with E-state index in [9.17, 15) is 13.6 Å². The first kappa shape index (κ1) is 11.0. The molecule has 3 rings (SSSR count). The molecular weight excluding hydrogens is 226 g/mol. The fraction of sp³-hybridized carbons (Fsp3) is 1.00. The van der Waals surface area contributed by atoms with Gasteiger partial charge in [-0.25, -0.2) is 8.42 Å². The summed E-state index contributed by atoms with van der Waals surface area (Å²) in [6.45, 7) is 6.26. The molecule has 4 nitrogen and oxygen atoms in total. The molecule has 1 unspecified atom stereocenters. The van der Waals surface area contributed by atoms with Gasteiger partial charge < -0.3 is 0 Å². The zero-order valence-electron chi connectivity index (χ0n) is 10.0. The fourth-order valence-electron chi connectivity index (χ4n) is 4.84. The molecule has 3 fully saturated rings. The Hall–Kier alpha value is -0.130. The van der Waals surface area contributed by atoms with E-state index in [0.29, 0.717) is 10.4 Å². The molecule has 3 atom stereocenters. The third-order valence-corrected chi connectivity index (χ3v) is 7.75. The molecule has 92 valence electrons. The lowest BCUT2D eigenvalue weighted by Crippen LogP contribution is -2.51. The van der Waals surface area contributed by atoms with Gasteiger partial charge in [-0.15, -0.1) is 0 Å². The fourth-order valence-corrected chi connectivity index (χ4v) is 7.28. The molecule has 0 aromatic heterocycles. The van der Waals surface area contributed by atoms with Crippen molar-refractivity contribution in [2.24, 2.45) is 16.7 Å². The van der Waals surface area contributed by atoms with Crippen molar-refractivity contribution in [3.05, 3.63) is 0 Å². The number of nitrogens with zero attached hydrogens (tertiary/aromatic N) is 1. The molecule has 2 saturated carbocycles. The van der Waals surface area contributed by atoms with Gasteiger partial charge >= 0.3 is 0 Å². The van der Waals surface area contributed by atoms with Crippen molar-refractivity contribution < 1.29 is 13.6 Å². The summed E-state index contributed by atoms with van der Waals surface area (Å²) in [5, 5.41) is 9.98. The van der Waals surface area contributed by atoms with Gasteiger partial charge in [-0.3, -0.25) is 5.21 Å². The number of fused-ring (bicyclic) bond motifs is 1. The van der Waals surface area contributed by atoms with Crippen molar-refractivity contribution in [3.8, 4) is 0 Å². The lowest BCUT2D eigenvalue weighted by atomic mass is 9.64. The summed E-state index contributed by atoms with van der Waals surface area (Å²) in [6, 6.07) is 0. The van der Waals surface area contributed by atoms with Crippen LogP contribution in [0.15, 0.2) is 0 Å². The molecular formula is C11H19NO3S. The second kappa shape index (κ2) is 2.49. The van der Waals surface area contributed by atoms with Crippen molar-refractivity contribution >= 4 is 10.0 Å². The first-order chi connectivity index (χ1) is 7.17. The van der Waals surface area contributed by atoms with E-state index < -0.39 is 15.6 Å². The predicted molar refractivity (Wildman–Crippen MR) is 59.4 cm³/mol. The van der Waals surface area contributed by atoms with Gasteiger partial charge in [0.05, 0.1) is 11.3 Å². The van der Waals surface area contributed by atoms with Crippen LogP contribution in [0.3, 0.4) is 0 Å². The quantitative estimate of drug-likeness (QED) is 0.705. The topological polar surface area (TPSA) is 57.6 Å². The summed E-state index contributed by atoms with van der Waals surface area (Å²) in [4.78, 5) is 0. The molecule has 0 radical (unpaired) electrons. The highest BCUT2D eigenvalue weighted by molar-refractivity contribution is 7.89. The maximum Gasteiger partial charge on any atom is 0.236 e. The van der Waals surface area contributed by atoms with Gasteiger partial charge in [-0.2, -0.15) is 0 Å². The van der Waals surface area contributed by atoms with E-state index in [2.05, 4.69) is 13.8 Å². The Morgan fingerprint density at radius 2 is 1.94 bits per heavy atom. The van der Waals surface area contributed by atoms with Gasteiger partial charge in [-0.1, -0.05) is 18.3 Å². The van der Waals surface area contributed by atoms with Gasteiger partial charge in [0.15, 0.2) is 0 Å². The summed E-state index contributed by atoms with van der Waals surface area (Å²) in [6.07, 6.45) is 2.83. The molecule has 2 bridgehead atoms. The third kappa shape index (κ3) is 0.822. The van der Waals surface area contributed by atoms with Crippen LogP contribution in [0.4, 0.5) is 0 Å². The maximum absolute atomic E-state index is 11.9. The number of rotatable bonds is 0. The zero-order chi connectivity index (χ0) is 12.0. The standard InChI is InChI=1S/C11H19NO3S/c1-9(2)8-4-5-11(9)7-16(14,15)12(13)10(11,3)6-8/h8,13H,4-7H2,1-3H3/t8?,10-,11+/m1/s1. The largest absolute Gasteiger partial charge is 0.299 e. The van der Waals surface area contributed by atoms with E-state index >= 15 is 0 Å². The van der Waals surface area contributed by atoms with Crippen LogP contribution in [0.2, 0.25) is 0 Å². The minimum Gasteiger partial charge on any atom is -0.299 e. The van der Waals surface area contributed by atoms with Crippen molar-refractivity contribution in [3.63, 3.8) is 0 Å². The summed E-state index contributed by atoms with van der Waals surface area (Å²) >= 11 is 0. The monoisotopic (exact) mass is 245 g/mol. The highest BCUT2D eigenvalue weighted by Gasteiger charge is 2.77. The van der Waals surface area contributed by atoms with Crippen LogP contribution in [0, 0.1) is 16.7 Å². The highest BCUT2D eigenvalue weighted by atomic mass is 32.2. The molecule has 1 N–H and O–H groups in total. The molecule has 0 aromatic rings. The van der Waals surface area contributed by atoms with Gasteiger partial charge in [0.2, 0.25) is 10.0 Å². The van der Waals surface area contributed by atoms with E-state index in [-0.39, 0.29) is 16.6 Å². The average molecular weight is 245 g/mol. The third-order valence-electron chi connectivity index (χ3n) is 5.96. The van der Waals surface area contributed by atoms with Crippen LogP contribution in [0.5, 0.6) is 0 Å². The highest BCUT2D eigenvalue weighted by Crippen LogP contribution is 2.74. The van der Waals surface area contributed by atoms with Crippen LogP contribution >= 0.6 is 0 Å². The molecule has 5 heteroatoms. The lowest BCUT2D eigenvalue weighted by molar-refractivity contribution is -0.119. The normalized spacial score (nSPS) is 53.1. The number of hydroxylamine groups is 1. The minimum absolute atomic E-state index is 0.0201. The Bertz CT molecular complexity index is 458. The predicted octanol–water partition coefficient (Wildman–Crippen LogP) is 1.61. The molecule has 2 aliphatic carbocycles. The Kier molecular flexibility index (Phi) is 1.71. The van der Waals surface area contributed by atoms with E-state index in [4.69, 9.17) is 0 Å². The maximum atomic E-state index is 11.9. The average Bonchev–Trinajstić information content (AvgIpc) is 2.55. The van der Waals surface area contributed by atoms with Gasteiger partial charge in [0.25, 0.3) is 0 Å².